The number of hydrogen-bond donors (Lipinski definition) is 1. The van der Waals surface area contributed by atoms with Gasteiger partial charge in [-0.05, 0) is 18.9 Å². The minimum atomic E-state index is 0.0947. The molecule has 0 bridgehead atoms. The van der Waals surface area contributed by atoms with Gasteiger partial charge in [0.15, 0.2) is 0 Å². The normalized spacial score (nSPS) is 12.1. The fraction of sp³-hybridized carbons (Fsp3) is 0.455. The van der Waals surface area contributed by atoms with Crippen molar-refractivity contribution in [2.24, 2.45) is 5.73 Å². The Hall–Kier alpha value is -0.980. The Morgan fingerprint density at radius 2 is 2.50 bits per heavy atom. The maximum atomic E-state index is 5.99. The highest BCUT2D eigenvalue weighted by Crippen LogP contribution is 2.27. The fourth-order valence-electron chi connectivity index (χ4n) is 1.20. The Morgan fingerprint density at radius 3 is 3.07 bits per heavy atom. The van der Waals surface area contributed by atoms with Gasteiger partial charge in [0.2, 0.25) is 0 Å². The smallest absolute Gasteiger partial charge is 0.129 e. The number of rotatable bonds is 5. The first-order valence-electron chi connectivity index (χ1n) is 4.59. The van der Waals surface area contributed by atoms with Gasteiger partial charge in [0, 0.05) is 22.7 Å². The minimum absolute atomic E-state index is 0.0947. The quantitative estimate of drug-likeness (QED) is 0.597. The maximum absolute atomic E-state index is 5.99. The first-order valence-corrected chi connectivity index (χ1v) is 5.47. The summed E-state index contributed by atoms with van der Waals surface area (Å²) in [5.74, 6) is 3.50. The number of terminal acetylenes is 1. The van der Waals surface area contributed by atoms with Gasteiger partial charge in [0.05, 0.1) is 7.11 Å². The highest BCUT2D eigenvalue weighted by atomic mass is 32.1. The molecule has 1 rings (SSSR count). The molecule has 14 heavy (non-hydrogen) atoms. The summed E-state index contributed by atoms with van der Waals surface area (Å²) in [7, 11) is 1.66. The van der Waals surface area contributed by atoms with Crippen LogP contribution in [0.3, 0.4) is 0 Å². The molecule has 0 radical (unpaired) electrons. The van der Waals surface area contributed by atoms with Crippen LogP contribution in [0, 0.1) is 12.3 Å². The van der Waals surface area contributed by atoms with Crippen molar-refractivity contribution in [2.75, 3.05) is 7.11 Å². The number of methoxy groups -OCH3 is 1. The third-order valence-corrected chi connectivity index (χ3v) is 3.08. The Balaban J connectivity index is 2.44. The van der Waals surface area contributed by atoms with E-state index < -0.39 is 0 Å². The lowest BCUT2D eigenvalue weighted by atomic mass is 10.1. The van der Waals surface area contributed by atoms with Gasteiger partial charge in [-0.3, -0.25) is 0 Å². The zero-order chi connectivity index (χ0) is 10.4. The molecule has 0 saturated carbocycles. The summed E-state index contributed by atoms with van der Waals surface area (Å²) in [5.41, 5.74) is 5.99. The van der Waals surface area contributed by atoms with E-state index in [-0.39, 0.29) is 6.04 Å². The molecule has 0 aliphatic rings. The van der Waals surface area contributed by atoms with Crippen LogP contribution < -0.4 is 10.5 Å². The topological polar surface area (TPSA) is 35.2 Å². The van der Waals surface area contributed by atoms with Gasteiger partial charge in [-0.25, -0.2) is 0 Å². The first kappa shape index (κ1) is 11.1. The van der Waals surface area contributed by atoms with E-state index in [1.54, 1.807) is 18.4 Å². The molecular weight excluding hydrogens is 194 g/mol. The van der Waals surface area contributed by atoms with Crippen LogP contribution in [0.5, 0.6) is 5.75 Å². The Labute approximate surface area is 89.1 Å². The largest absolute Gasteiger partial charge is 0.496 e. The van der Waals surface area contributed by atoms with E-state index in [0.717, 1.165) is 25.0 Å². The van der Waals surface area contributed by atoms with Gasteiger partial charge >= 0.3 is 0 Å². The third-order valence-electron chi connectivity index (χ3n) is 2.03. The summed E-state index contributed by atoms with van der Waals surface area (Å²) in [6.07, 6.45) is 7.90. The van der Waals surface area contributed by atoms with Crippen LogP contribution in [0.25, 0.3) is 0 Å². The second-order valence-electron chi connectivity index (χ2n) is 3.09. The molecule has 76 valence electrons. The fourth-order valence-corrected chi connectivity index (χ4v) is 2.10. The van der Waals surface area contributed by atoms with Crippen molar-refractivity contribution in [3.05, 3.63) is 16.3 Å². The summed E-state index contributed by atoms with van der Waals surface area (Å²) >= 11 is 1.64. The van der Waals surface area contributed by atoms with Gasteiger partial charge in [-0.15, -0.1) is 23.7 Å². The number of thiophene rings is 1. The van der Waals surface area contributed by atoms with E-state index in [0.29, 0.717) is 0 Å². The molecular formula is C11H15NOS. The highest BCUT2D eigenvalue weighted by Gasteiger charge is 2.08. The standard InChI is InChI=1S/C11H15NOS/c1-3-4-5-6-10(12)11-7-9(13-2)8-14-11/h1,7-8,10H,4-6,12H2,2H3. The monoisotopic (exact) mass is 209 g/mol. The third kappa shape index (κ3) is 3.06. The summed E-state index contributed by atoms with van der Waals surface area (Å²) in [6, 6.07) is 2.09. The molecule has 0 fully saturated rings. The predicted octanol–water partition coefficient (Wildman–Crippen LogP) is 2.56. The van der Waals surface area contributed by atoms with E-state index >= 15 is 0 Å². The zero-order valence-electron chi connectivity index (χ0n) is 8.32. The van der Waals surface area contributed by atoms with Gasteiger partial charge in [-0.2, -0.15) is 0 Å². The van der Waals surface area contributed by atoms with Crippen LogP contribution in [0.15, 0.2) is 11.4 Å². The molecule has 0 saturated heterocycles. The lowest BCUT2D eigenvalue weighted by Gasteiger charge is -2.07. The van der Waals surface area contributed by atoms with Crippen LogP contribution in [-0.2, 0) is 0 Å². The molecule has 1 unspecified atom stereocenters. The molecule has 0 spiro atoms. The van der Waals surface area contributed by atoms with Crippen molar-refractivity contribution < 1.29 is 4.74 Å². The number of ether oxygens (including phenoxy) is 1. The molecule has 0 aliphatic heterocycles. The Kier molecular flexibility index (Phi) is 4.51. The molecule has 3 heteroatoms. The molecule has 2 N–H and O–H groups in total. The van der Waals surface area contributed by atoms with Crippen molar-refractivity contribution in [2.45, 2.75) is 25.3 Å². The van der Waals surface area contributed by atoms with Gasteiger partial charge in [0.25, 0.3) is 0 Å². The van der Waals surface area contributed by atoms with Gasteiger partial charge < -0.3 is 10.5 Å². The lowest BCUT2D eigenvalue weighted by Crippen LogP contribution is -2.07. The molecule has 2 nitrogen and oxygen atoms in total. The average Bonchev–Trinajstić information content (AvgIpc) is 2.66. The molecule has 0 aliphatic carbocycles. The number of unbranched alkanes of at least 4 members (excludes halogenated alkanes) is 1. The van der Waals surface area contributed by atoms with E-state index in [2.05, 4.69) is 5.92 Å². The van der Waals surface area contributed by atoms with E-state index in [1.807, 2.05) is 11.4 Å². The average molecular weight is 209 g/mol. The molecule has 1 heterocycles. The molecule has 1 aromatic rings. The predicted molar refractivity (Wildman–Crippen MR) is 60.5 cm³/mol. The Morgan fingerprint density at radius 1 is 1.71 bits per heavy atom. The summed E-state index contributed by atoms with van der Waals surface area (Å²) < 4.78 is 5.09. The van der Waals surface area contributed by atoms with Crippen LogP contribution in [-0.4, -0.2) is 7.11 Å². The Bertz CT molecular complexity index is 313. The lowest BCUT2D eigenvalue weighted by molar-refractivity contribution is 0.416. The van der Waals surface area contributed by atoms with Crippen LogP contribution in [0.4, 0.5) is 0 Å². The SMILES string of the molecule is C#CCCCC(N)c1cc(OC)cs1. The van der Waals surface area contributed by atoms with Crippen molar-refractivity contribution in [3.63, 3.8) is 0 Å². The van der Waals surface area contributed by atoms with Gasteiger partial charge in [-0.1, -0.05) is 0 Å². The van der Waals surface area contributed by atoms with Crippen LogP contribution in [0.1, 0.15) is 30.2 Å². The summed E-state index contributed by atoms with van der Waals surface area (Å²) in [6.45, 7) is 0. The summed E-state index contributed by atoms with van der Waals surface area (Å²) in [4.78, 5) is 1.17. The van der Waals surface area contributed by atoms with Crippen molar-refractivity contribution in [1.82, 2.24) is 0 Å². The zero-order valence-corrected chi connectivity index (χ0v) is 9.14. The second kappa shape index (κ2) is 5.69. The van der Waals surface area contributed by atoms with Crippen LogP contribution in [0.2, 0.25) is 0 Å². The maximum Gasteiger partial charge on any atom is 0.129 e. The van der Waals surface area contributed by atoms with Gasteiger partial charge in [0.1, 0.15) is 5.75 Å². The molecule has 1 atom stereocenters. The molecule has 0 aromatic carbocycles. The highest BCUT2D eigenvalue weighted by molar-refractivity contribution is 7.10. The first-order chi connectivity index (χ1) is 6.77. The van der Waals surface area contributed by atoms with E-state index in [1.165, 1.54) is 4.88 Å². The number of hydrogen-bond acceptors (Lipinski definition) is 3. The van der Waals surface area contributed by atoms with E-state index in [4.69, 9.17) is 16.9 Å². The van der Waals surface area contributed by atoms with Crippen LogP contribution >= 0.6 is 11.3 Å². The van der Waals surface area contributed by atoms with E-state index in [9.17, 15) is 0 Å². The van der Waals surface area contributed by atoms with Crippen molar-refractivity contribution in [3.8, 4) is 18.1 Å². The van der Waals surface area contributed by atoms with Crippen molar-refractivity contribution >= 4 is 11.3 Å². The second-order valence-corrected chi connectivity index (χ2v) is 4.03. The number of nitrogens with two attached hydrogens (primary N) is 1. The van der Waals surface area contributed by atoms with Crippen molar-refractivity contribution in [1.29, 1.82) is 0 Å². The molecule has 0 amide bonds. The minimum Gasteiger partial charge on any atom is -0.496 e. The summed E-state index contributed by atoms with van der Waals surface area (Å²) in [5, 5.41) is 1.97. The molecule has 1 aromatic heterocycles.